The molecule has 0 atom stereocenters. The van der Waals surface area contributed by atoms with Crippen molar-refractivity contribution in [2.75, 3.05) is 26.7 Å². The van der Waals surface area contributed by atoms with Gasteiger partial charge in [-0.3, -0.25) is 4.79 Å². The van der Waals surface area contributed by atoms with E-state index in [1.54, 1.807) is 36.4 Å². The van der Waals surface area contributed by atoms with Gasteiger partial charge in [-0.15, -0.1) is 0 Å². The van der Waals surface area contributed by atoms with Gasteiger partial charge in [-0.2, -0.15) is 5.10 Å². The summed E-state index contributed by atoms with van der Waals surface area (Å²) in [5.41, 5.74) is 11.1. The molecular formula is C19H20N4O5. The van der Waals surface area contributed by atoms with Crippen molar-refractivity contribution in [3.05, 3.63) is 53.1 Å². The number of carbonyl (C=O) groups is 2. The highest BCUT2D eigenvalue weighted by Crippen LogP contribution is 2.36. The summed E-state index contributed by atoms with van der Waals surface area (Å²) >= 11 is 0. The Balaban J connectivity index is 2.13. The Morgan fingerprint density at radius 1 is 1.18 bits per heavy atom. The standard InChI is InChI=1S/C19H20N4O5/c1-21-19(25)23-22-18(11-3-5-13(20)6-4-11)14-9-16-15(27-10-28-16)7-12(14)8-17(24)26-2/h3-7,9H,8,10,20H2,1-2H3,(H2,21,23,25)/b22-18+. The largest absolute Gasteiger partial charge is 0.469 e. The second-order valence-corrected chi connectivity index (χ2v) is 5.89. The van der Waals surface area contributed by atoms with Crippen molar-refractivity contribution in [1.82, 2.24) is 10.7 Å². The zero-order valence-corrected chi connectivity index (χ0v) is 15.4. The Hall–Kier alpha value is -3.75. The van der Waals surface area contributed by atoms with Crippen LogP contribution in [0.15, 0.2) is 41.5 Å². The van der Waals surface area contributed by atoms with Crippen molar-refractivity contribution in [1.29, 1.82) is 0 Å². The molecule has 4 N–H and O–H groups in total. The van der Waals surface area contributed by atoms with Crippen molar-refractivity contribution in [3.8, 4) is 11.5 Å². The summed E-state index contributed by atoms with van der Waals surface area (Å²) in [6, 6.07) is 9.93. The molecule has 146 valence electrons. The molecule has 1 aliphatic rings. The lowest BCUT2D eigenvalue weighted by molar-refractivity contribution is -0.139. The number of hydrogen-bond acceptors (Lipinski definition) is 7. The molecule has 0 saturated heterocycles. The number of ether oxygens (including phenoxy) is 3. The highest BCUT2D eigenvalue weighted by atomic mass is 16.7. The fourth-order valence-electron chi connectivity index (χ4n) is 2.66. The summed E-state index contributed by atoms with van der Waals surface area (Å²) in [5.74, 6) is 0.626. The maximum atomic E-state index is 11.9. The first-order valence-corrected chi connectivity index (χ1v) is 8.43. The van der Waals surface area contributed by atoms with Crippen LogP contribution in [0, 0.1) is 0 Å². The summed E-state index contributed by atoms with van der Waals surface area (Å²) in [4.78, 5) is 23.6. The van der Waals surface area contributed by atoms with Crippen LogP contribution in [0.1, 0.15) is 16.7 Å². The smallest absolute Gasteiger partial charge is 0.334 e. The van der Waals surface area contributed by atoms with E-state index < -0.39 is 12.0 Å². The first-order valence-electron chi connectivity index (χ1n) is 8.43. The van der Waals surface area contributed by atoms with Crippen LogP contribution >= 0.6 is 0 Å². The van der Waals surface area contributed by atoms with E-state index in [0.717, 1.165) is 0 Å². The van der Waals surface area contributed by atoms with Crippen LogP contribution in [-0.2, 0) is 16.0 Å². The molecule has 0 aliphatic carbocycles. The zero-order valence-electron chi connectivity index (χ0n) is 15.4. The van der Waals surface area contributed by atoms with E-state index in [9.17, 15) is 9.59 Å². The molecule has 0 bridgehead atoms. The average molecular weight is 384 g/mol. The minimum absolute atomic E-state index is 0.00353. The van der Waals surface area contributed by atoms with Crippen molar-refractivity contribution < 1.29 is 23.8 Å². The Morgan fingerprint density at radius 3 is 2.50 bits per heavy atom. The number of methoxy groups -OCH3 is 1. The van der Waals surface area contributed by atoms with Gasteiger partial charge < -0.3 is 25.3 Å². The number of benzene rings is 2. The molecule has 9 nitrogen and oxygen atoms in total. The monoisotopic (exact) mass is 384 g/mol. The number of hydrazone groups is 1. The SMILES string of the molecule is CNC(=O)N/N=C(\c1ccc(N)cc1)c1cc2c(cc1CC(=O)OC)OCO2. The molecule has 28 heavy (non-hydrogen) atoms. The maximum Gasteiger partial charge on any atom is 0.334 e. The van der Waals surface area contributed by atoms with Crippen molar-refractivity contribution in [2.24, 2.45) is 5.10 Å². The Labute approximate surface area is 161 Å². The van der Waals surface area contributed by atoms with Crippen molar-refractivity contribution in [2.45, 2.75) is 6.42 Å². The lowest BCUT2D eigenvalue weighted by Crippen LogP contribution is -2.30. The molecule has 1 aliphatic heterocycles. The van der Waals surface area contributed by atoms with E-state index in [-0.39, 0.29) is 13.2 Å². The van der Waals surface area contributed by atoms with Crippen molar-refractivity contribution in [3.63, 3.8) is 0 Å². The molecule has 0 spiro atoms. The van der Waals surface area contributed by atoms with Gasteiger partial charge >= 0.3 is 12.0 Å². The Morgan fingerprint density at radius 2 is 1.86 bits per heavy atom. The number of urea groups is 1. The van der Waals surface area contributed by atoms with Crippen LogP contribution in [0.25, 0.3) is 0 Å². The normalized spacial score (nSPS) is 12.4. The van der Waals surface area contributed by atoms with Gasteiger partial charge in [0.25, 0.3) is 0 Å². The Kier molecular flexibility index (Phi) is 5.64. The van der Waals surface area contributed by atoms with Crippen molar-refractivity contribution >= 4 is 23.4 Å². The highest BCUT2D eigenvalue weighted by molar-refractivity contribution is 6.14. The number of rotatable bonds is 5. The number of nitrogens with two attached hydrogens (primary N) is 1. The van der Waals surface area contributed by atoms with E-state index in [1.165, 1.54) is 14.2 Å². The van der Waals surface area contributed by atoms with E-state index >= 15 is 0 Å². The predicted octanol–water partition coefficient (Wildman–Crippen LogP) is 1.39. The number of nitrogens with one attached hydrogen (secondary N) is 2. The molecule has 0 radical (unpaired) electrons. The number of anilines is 1. The zero-order chi connectivity index (χ0) is 20.1. The van der Waals surface area contributed by atoms with Crippen LogP contribution in [-0.4, -0.2) is 38.7 Å². The van der Waals surface area contributed by atoms with Crippen LogP contribution < -0.4 is 25.9 Å². The highest BCUT2D eigenvalue weighted by Gasteiger charge is 2.22. The quantitative estimate of drug-likeness (QED) is 0.310. The van der Waals surface area contributed by atoms with Crippen LogP contribution in [0.5, 0.6) is 11.5 Å². The molecule has 2 aromatic rings. The molecular weight excluding hydrogens is 364 g/mol. The summed E-state index contributed by atoms with van der Waals surface area (Å²) in [6.45, 7) is 0.0846. The topological polar surface area (TPSA) is 124 Å². The third kappa shape index (κ3) is 4.14. The number of esters is 1. The van der Waals surface area contributed by atoms with E-state index in [2.05, 4.69) is 15.8 Å². The minimum atomic E-state index is -0.483. The van der Waals surface area contributed by atoms with Crippen LogP contribution in [0.4, 0.5) is 10.5 Å². The molecule has 0 aromatic heterocycles. The van der Waals surface area contributed by atoms with Crippen LogP contribution in [0.2, 0.25) is 0 Å². The molecule has 2 aromatic carbocycles. The predicted molar refractivity (Wildman–Crippen MR) is 102 cm³/mol. The molecule has 1 heterocycles. The molecule has 0 saturated carbocycles. The Bertz CT molecular complexity index is 925. The van der Waals surface area contributed by atoms with Gasteiger partial charge in [-0.1, -0.05) is 12.1 Å². The summed E-state index contributed by atoms with van der Waals surface area (Å²) in [6.07, 6.45) is -0.00353. The fourth-order valence-corrected chi connectivity index (χ4v) is 2.66. The minimum Gasteiger partial charge on any atom is -0.469 e. The van der Waals surface area contributed by atoms with Gasteiger partial charge in [0.2, 0.25) is 6.79 Å². The average Bonchev–Trinajstić information content (AvgIpc) is 3.16. The van der Waals surface area contributed by atoms with Crippen LogP contribution in [0.3, 0.4) is 0 Å². The lowest BCUT2D eigenvalue weighted by atomic mass is 9.95. The van der Waals surface area contributed by atoms with Gasteiger partial charge in [0.15, 0.2) is 11.5 Å². The number of carbonyl (C=O) groups excluding carboxylic acids is 2. The number of amides is 2. The molecule has 0 unspecified atom stereocenters. The second-order valence-electron chi connectivity index (χ2n) is 5.89. The number of hydrogen-bond donors (Lipinski definition) is 3. The summed E-state index contributed by atoms with van der Waals surface area (Å²) in [7, 11) is 2.80. The first kappa shape index (κ1) is 19.0. The number of nitrogen functional groups attached to an aromatic ring is 1. The van der Waals surface area contributed by atoms with Gasteiger partial charge in [-0.25, -0.2) is 10.2 Å². The molecule has 2 amide bonds. The second kappa shape index (κ2) is 8.30. The fraction of sp³-hybridized carbons (Fsp3) is 0.211. The van der Waals surface area contributed by atoms with Gasteiger partial charge in [0, 0.05) is 23.9 Å². The maximum absolute atomic E-state index is 11.9. The van der Waals surface area contributed by atoms with Gasteiger partial charge in [-0.05, 0) is 29.8 Å². The lowest BCUT2D eigenvalue weighted by Gasteiger charge is -2.14. The third-order valence-electron chi connectivity index (χ3n) is 4.10. The molecule has 3 rings (SSSR count). The third-order valence-corrected chi connectivity index (χ3v) is 4.10. The number of nitrogens with zero attached hydrogens (tertiary/aromatic N) is 1. The summed E-state index contributed by atoms with van der Waals surface area (Å²) in [5, 5.41) is 6.68. The van der Waals surface area contributed by atoms with E-state index in [4.69, 9.17) is 19.9 Å². The summed E-state index contributed by atoms with van der Waals surface area (Å²) < 4.78 is 15.7. The number of fused-ring (bicyclic) bond motifs is 1. The van der Waals surface area contributed by atoms with Gasteiger partial charge in [0.1, 0.15) is 0 Å². The first-order chi connectivity index (χ1) is 13.5. The molecule has 0 fully saturated rings. The van der Waals surface area contributed by atoms with E-state index in [1.807, 2.05) is 0 Å². The molecule has 9 heteroatoms. The van der Waals surface area contributed by atoms with Gasteiger partial charge in [0.05, 0.1) is 19.2 Å². The van der Waals surface area contributed by atoms with E-state index in [0.29, 0.717) is 39.6 Å².